The lowest BCUT2D eigenvalue weighted by Gasteiger charge is -2.44. The number of hydrogen-bond donors (Lipinski definition) is 3. The number of rotatable bonds is 3. The monoisotopic (exact) mass is 366 g/mol. The van der Waals surface area contributed by atoms with E-state index in [0.717, 1.165) is 25.7 Å². The van der Waals surface area contributed by atoms with Gasteiger partial charge >= 0.3 is 17.9 Å². The normalized spacial score (nSPS) is 39.8. The molecule has 4 aliphatic rings. The minimum absolute atomic E-state index is 0.303. The molecule has 2 atom stereocenters. The number of allylic oxidation sites excluding steroid dienone is 1. The smallest absolute Gasteiger partial charge is 0.313 e. The third kappa shape index (κ3) is 3.14. The first-order valence-corrected chi connectivity index (χ1v) is 9.20. The first kappa shape index (κ1) is 20.5. The number of carboxylic acids is 3. The molecule has 0 aromatic rings. The fourth-order valence-corrected chi connectivity index (χ4v) is 4.56. The second kappa shape index (κ2) is 6.39. The fourth-order valence-electron chi connectivity index (χ4n) is 4.56. The van der Waals surface area contributed by atoms with Gasteiger partial charge in [-0.1, -0.05) is 32.9 Å². The number of aliphatic carboxylic acids is 3. The highest BCUT2D eigenvalue weighted by Crippen LogP contribution is 2.56. The quantitative estimate of drug-likeness (QED) is 0.655. The molecule has 4 aliphatic carbocycles. The number of fused-ring (bicyclic) bond motifs is 2. The van der Waals surface area contributed by atoms with Crippen molar-refractivity contribution in [2.75, 3.05) is 0 Å². The van der Waals surface area contributed by atoms with Crippen molar-refractivity contribution in [2.24, 2.45) is 27.6 Å². The maximum Gasteiger partial charge on any atom is 0.313 e. The van der Waals surface area contributed by atoms with Crippen LogP contribution in [0.15, 0.2) is 12.2 Å². The molecular weight excluding hydrogens is 336 g/mol. The molecule has 0 aromatic heterocycles. The van der Waals surface area contributed by atoms with Gasteiger partial charge in [0, 0.05) is 0 Å². The van der Waals surface area contributed by atoms with Gasteiger partial charge in [0.05, 0.1) is 16.7 Å². The summed E-state index contributed by atoms with van der Waals surface area (Å²) in [6.07, 6.45) is 8.64. The number of hydrogen-bond acceptors (Lipinski definition) is 3. The van der Waals surface area contributed by atoms with Gasteiger partial charge in [-0.25, -0.2) is 0 Å². The molecule has 0 spiro atoms. The van der Waals surface area contributed by atoms with Crippen molar-refractivity contribution >= 4 is 17.9 Å². The van der Waals surface area contributed by atoms with Gasteiger partial charge < -0.3 is 15.3 Å². The van der Waals surface area contributed by atoms with Crippen LogP contribution < -0.4 is 0 Å². The Morgan fingerprint density at radius 3 is 1.62 bits per heavy atom. The van der Waals surface area contributed by atoms with E-state index in [9.17, 15) is 14.4 Å². The number of carboxylic acid groups (broad SMARTS) is 3. The van der Waals surface area contributed by atoms with E-state index in [1.54, 1.807) is 20.8 Å². The molecule has 2 unspecified atom stereocenters. The Bertz CT molecular complexity index is 639. The van der Waals surface area contributed by atoms with Crippen LogP contribution in [0.5, 0.6) is 0 Å². The van der Waals surface area contributed by atoms with Gasteiger partial charge in [-0.05, 0) is 56.3 Å². The molecule has 0 radical (unpaired) electrons. The van der Waals surface area contributed by atoms with E-state index in [0.29, 0.717) is 18.3 Å². The molecule has 3 N–H and O–H groups in total. The summed E-state index contributed by atoms with van der Waals surface area (Å²) in [7, 11) is 0. The topological polar surface area (TPSA) is 112 Å². The lowest BCUT2D eigenvalue weighted by atomic mass is 9.59. The van der Waals surface area contributed by atoms with Crippen molar-refractivity contribution in [3.8, 4) is 0 Å². The van der Waals surface area contributed by atoms with Gasteiger partial charge in [0.2, 0.25) is 0 Å². The molecule has 0 aromatic carbocycles. The van der Waals surface area contributed by atoms with E-state index in [4.69, 9.17) is 15.3 Å². The standard InChI is InChI=1S/C10H16O4.C10H14O2/c1-9(2)6(7(11)12)4-5-10(9,3)8(13)14;1-9-2-5-10(6-3-9,7-4-9)8(11)12/h6H,4-5H2,1-3H3,(H,11,12)(H,13,14);2,5H,3-4,6-7H2,1H3,(H,11,12). The largest absolute Gasteiger partial charge is 0.481 e. The Balaban J connectivity index is 0.000000189. The van der Waals surface area contributed by atoms with Gasteiger partial charge in [0.1, 0.15) is 0 Å². The van der Waals surface area contributed by atoms with Crippen LogP contribution in [-0.2, 0) is 14.4 Å². The predicted octanol–water partition coefficient (Wildman–Crippen LogP) is 3.81. The summed E-state index contributed by atoms with van der Waals surface area (Å²) in [5.74, 6) is -2.98. The lowest BCUT2D eigenvalue weighted by Crippen LogP contribution is -2.42. The highest BCUT2D eigenvalue weighted by Gasteiger charge is 2.58. The third-order valence-electron chi connectivity index (χ3n) is 7.51. The molecule has 4 rings (SSSR count). The van der Waals surface area contributed by atoms with Gasteiger partial charge in [0.15, 0.2) is 0 Å². The summed E-state index contributed by atoms with van der Waals surface area (Å²) >= 11 is 0. The molecule has 0 saturated heterocycles. The van der Waals surface area contributed by atoms with Crippen molar-refractivity contribution in [1.82, 2.24) is 0 Å². The Morgan fingerprint density at radius 1 is 0.808 bits per heavy atom. The Morgan fingerprint density at radius 2 is 1.35 bits per heavy atom. The molecule has 2 bridgehead atoms. The minimum Gasteiger partial charge on any atom is -0.481 e. The van der Waals surface area contributed by atoms with E-state index >= 15 is 0 Å². The predicted molar refractivity (Wildman–Crippen MR) is 95.7 cm³/mol. The SMILES string of the molecule is CC1(C(=O)O)CCC(C(=O)O)C1(C)C.CC12C=CC(C(=O)O)(CC1)CC2. The van der Waals surface area contributed by atoms with Crippen molar-refractivity contribution in [3.05, 3.63) is 12.2 Å². The first-order chi connectivity index (χ1) is 11.8. The lowest BCUT2D eigenvalue weighted by molar-refractivity contribution is -0.157. The molecule has 6 nitrogen and oxygen atoms in total. The van der Waals surface area contributed by atoms with Gasteiger partial charge in [0.25, 0.3) is 0 Å². The van der Waals surface area contributed by atoms with Crippen LogP contribution >= 0.6 is 0 Å². The van der Waals surface area contributed by atoms with Crippen molar-refractivity contribution in [2.45, 2.75) is 66.2 Å². The van der Waals surface area contributed by atoms with E-state index in [1.165, 1.54) is 0 Å². The molecule has 2 saturated carbocycles. The summed E-state index contributed by atoms with van der Waals surface area (Å²) < 4.78 is 0. The zero-order valence-corrected chi connectivity index (χ0v) is 16.0. The highest BCUT2D eigenvalue weighted by molar-refractivity contribution is 5.80. The second-order valence-corrected chi connectivity index (χ2v) is 9.24. The second-order valence-electron chi connectivity index (χ2n) is 9.24. The van der Waals surface area contributed by atoms with Crippen LogP contribution in [0.3, 0.4) is 0 Å². The third-order valence-corrected chi connectivity index (χ3v) is 7.51. The van der Waals surface area contributed by atoms with Crippen LogP contribution in [0, 0.1) is 27.6 Å². The molecule has 0 aliphatic heterocycles. The maximum absolute atomic E-state index is 11.1. The Labute approximate surface area is 154 Å². The molecule has 0 heterocycles. The summed E-state index contributed by atoms with van der Waals surface area (Å²) in [6.45, 7) is 7.31. The first-order valence-electron chi connectivity index (χ1n) is 9.20. The fraction of sp³-hybridized carbons (Fsp3) is 0.750. The zero-order valence-electron chi connectivity index (χ0n) is 16.0. The molecule has 6 heteroatoms. The van der Waals surface area contributed by atoms with Crippen LogP contribution in [0.1, 0.15) is 66.2 Å². The molecule has 2 fully saturated rings. The van der Waals surface area contributed by atoms with Crippen molar-refractivity contribution < 1.29 is 29.7 Å². The van der Waals surface area contributed by atoms with Gasteiger partial charge in [-0.2, -0.15) is 0 Å². The maximum atomic E-state index is 11.1. The van der Waals surface area contributed by atoms with E-state index in [2.05, 4.69) is 13.0 Å². The van der Waals surface area contributed by atoms with Crippen LogP contribution in [0.2, 0.25) is 0 Å². The van der Waals surface area contributed by atoms with E-state index < -0.39 is 40.1 Å². The molecular formula is C20H30O6. The zero-order chi connectivity index (χ0) is 20.0. The van der Waals surface area contributed by atoms with Gasteiger partial charge in [-0.3, -0.25) is 14.4 Å². The minimum atomic E-state index is -0.921. The average Bonchev–Trinajstić information content (AvgIpc) is 2.80. The van der Waals surface area contributed by atoms with E-state index in [1.807, 2.05) is 6.08 Å². The summed E-state index contributed by atoms with van der Waals surface area (Å²) in [5.41, 5.74) is -1.81. The highest BCUT2D eigenvalue weighted by atomic mass is 16.4. The Kier molecular flexibility index (Phi) is 5.03. The summed E-state index contributed by atoms with van der Waals surface area (Å²) in [4.78, 5) is 33.0. The van der Waals surface area contributed by atoms with Gasteiger partial charge in [-0.15, -0.1) is 0 Å². The van der Waals surface area contributed by atoms with Crippen molar-refractivity contribution in [1.29, 1.82) is 0 Å². The molecule has 0 amide bonds. The van der Waals surface area contributed by atoms with Crippen LogP contribution in [-0.4, -0.2) is 33.2 Å². The van der Waals surface area contributed by atoms with E-state index in [-0.39, 0.29) is 0 Å². The summed E-state index contributed by atoms with van der Waals surface area (Å²) in [5, 5.41) is 27.1. The van der Waals surface area contributed by atoms with Crippen LogP contribution in [0.25, 0.3) is 0 Å². The van der Waals surface area contributed by atoms with Crippen molar-refractivity contribution in [3.63, 3.8) is 0 Å². The number of carbonyl (C=O) groups is 3. The molecule has 26 heavy (non-hydrogen) atoms. The molecule has 146 valence electrons. The Hall–Kier alpha value is -1.85. The summed E-state index contributed by atoms with van der Waals surface area (Å²) in [6, 6.07) is 0. The van der Waals surface area contributed by atoms with Crippen LogP contribution in [0.4, 0.5) is 0 Å². The average molecular weight is 366 g/mol.